The quantitative estimate of drug-likeness (QED) is 0.279. The predicted molar refractivity (Wildman–Crippen MR) is 161 cm³/mol. The molecular formula is C31H35BrFN3O4S. The molecule has 1 aliphatic carbocycles. The highest BCUT2D eigenvalue weighted by Crippen LogP contribution is 2.27. The van der Waals surface area contributed by atoms with E-state index >= 15 is 0 Å². The average molecular weight is 645 g/mol. The van der Waals surface area contributed by atoms with Gasteiger partial charge < -0.3 is 10.2 Å². The highest BCUT2D eigenvalue weighted by molar-refractivity contribution is 9.10. The number of carbonyl (C=O) groups excluding carboxylic acids is 2. The third-order valence-electron chi connectivity index (χ3n) is 7.36. The number of sulfonamides is 1. The normalized spacial score (nSPS) is 14.4. The van der Waals surface area contributed by atoms with Gasteiger partial charge in [0.25, 0.3) is 10.0 Å². The van der Waals surface area contributed by atoms with Crippen molar-refractivity contribution in [3.05, 3.63) is 94.2 Å². The number of anilines is 1. The molecule has 0 spiro atoms. The van der Waals surface area contributed by atoms with Crippen molar-refractivity contribution in [2.24, 2.45) is 0 Å². The van der Waals surface area contributed by atoms with Crippen LogP contribution in [0, 0.1) is 12.7 Å². The molecule has 0 radical (unpaired) electrons. The summed E-state index contributed by atoms with van der Waals surface area (Å²) >= 11 is 3.38. The molecule has 218 valence electrons. The fourth-order valence-corrected chi connectivity index (χ4v) is 6.73. The van der Waals surface area contributed by atoms with Crippen molar-refractivity contribution in [2.45, 2.75) is 69.5 Å². The summed E-state index contributed by atoms with van der Waals surface area (Å²) in [6, 6.07) is 18.0. The van der Waals surface area contributed by atoms with Crippen molar-refractivity contribution < 1.29 is 22.4 Å². The van der Waals surface area contributed by atoms with Crippen molar-refractivity contribution in [3.8, 4) is 0 Å². The summed E-state index contributed by atoms with van der Waals surface area (Å²) in [5, 5.41) is 3.08. The molecule has 0 aromatic heterocycles. The van der Waals surface area contributed by atoms with E-state index in [0.29, 0.717) is 17.7 Å². The summed E-state index contributed by atoms with van der Waals surface area (Å²) in [5.41, 5.74) is 1.84. The van der Waals surface area contributed by atoms with Gasteiger partial charge in [0.15, 0.2) is 0 Å². The molecule has 4 rings (SSSR count). The van der Waals surface area contributed by atoms with Crippen molar-refractivity contribution in [1.29, 1.82) is 0 Å². The predicted octanol–water partition coefficient (Wildman–Crippen LogP) is 5.96. The standard InChI is InChI=1S/C31H35BrFN3O4S/c1-3-29(31(38)34-26-6-4-5-7-26)35(20-23-10-14-25(33)15-11-23)30(37)21-36(27-16-12-24(32)13-17-27)41(39,40)28-18-8-22(2)9-19-28/h8-19,26,29H,3-7,20-21H2,1-2H3,(H,34,38)/t29-/m0/s1. The molecule has 0 heterocycles. The Balaban J connectivity index is 1.70. The molecule has 3 aromatic carbocycles. The van der Waals surface area contributed by atoms with Gasteiger partial charge in [-0.2, -0.15) is 0 Å². The molecule has 10 heteroatoms. The number of hydrogen-bond donors (Lipinski definition) is 1. The first kappa shape index (κ1) is 30.7. The van der Waals surface area contributed by atoms with Gasteiger partial charge in [-0.05, 0) is 80.3 Å². The van der Waals surface area contributed by atoms with Crippen LogP contribution in [0.5, 0.6) is 0 Å². The lowest BCUT2D eigenvalue weighted by Crippen LogP contribution is -2.53. The largest absolute Gasteiger partial charge is 0.352 e. The highest BCUT2D eigenvalue weighted by atomic mass is 79.9. The van der Waals surface area contributed by atoms with Gasteiger partial charge >= 0.3 is 0 Å². The molecule has 1 atom stereocenters. The van der Waals surface area contributed by atoms with Crippen molar-refractivity contribution in [2.75, 3.05) is 10.8 Å². The second-order valence-corrected chi connectivity index (χ2v) is 13.1. The second-order valence-electron chi connectivity index (χ2n) is 10.4. The number of hydrogen-bond acceptors (Lipinski definition) is 4. The minimum Gasteiger partial charge on any atom is -0.352 e. The Bertz CT molecular complexity index is 1440. The zero-order valence-electron chi connectivity index (χ0n) is 23.2. The van der Waals surface area contributed by atoms with E-state index in [9.17, 15) is 22.4 Å². The SMILES string of the molecule is CC[C@@H](C(=O)NC1CCCC1)N(Cc1ccc(F)cc1)C(=O)CN(c1ccc(Br)cc1)S(=O)(=O)c1ccc(C)cc1. The number of carbonyl (C=O) groups is 2. The number of nitrogens with one attached hydrogen (secondary N) is 1. The lowest BCUT2D eigenvalue weighted by Gasteiger charge is -2.33. The molecule has 1 fully saturated rings. The van der Waals surface area contributed by atoms with E-state index in [0.717, 1.165) is 40.0 Å². The number of nitrogens with zero attached hydrogens (tertiary/aromatic N) is 2. The van der Waals surface area contributed by atoms with Crippen LogP contribution in [0.15, 0.2) is 82.2 Å². The third-order valence-corrected chi connectivity index (χ3v) is 9.67. The fraction of sp³-hybridized carbons (Fsp3) is 0.355. The van der Waals surface area contributed by atoms with E-state index in [2.05, 4.69) is 21.2 Å². The van der Waals surface area contributed by atoms with Crippen molar-refractivity contribution >= 4 is 43.5 Å². The first-order valence-corrected chi connectivity index (χ1v) is 16.0. The minimum atomic E-state index is -4.14. The Morgan fingerprint density at radius 3 is 2.17 bits per heavy atom. The molecule has 1 aliphatic rings. The van der Waals surface area contributed by atoms with Gasteiger partial charge in [0.1, 0.15) is 18.4 Å². The number of rotatable bonds is 11. The average Bonchev–Trinajstić information content (AvgIpc) is 3.46. The van der Waals surface area contributed by atoms with Crippen LogP contribution >= 0.6 is 15.9 Å². The van der Waals surface area contributed by atoms with Crippen LogP contribution in [0.1, 0.15) is 50.2 Å². The Hall–Kier alpha value is -3.24. The van der Waals surface area contributed by atoms with Crippen LogP contribution < -0.4 is 9.62 Å². The summed E-state index contributed by atoms with van der Waals surface area (Å²) in [4.78, 5) is 29.0. The molecular weight excluding hydrogens is 609 g/mol. The smallest absolute Gasteiger partial charge is 0.264 e. The van der Waals surface area contributed by atoms with Crippen LogP contribution in [0.4, 0.5) is 10.1 Å². The summed E-state index contributed by atoms with van der Waals surface area (Å²) in [6.07, 6.45) is 4.19. The minimum absolute atomic E-state index is 0.0223. The van der Waals surface area contributed by atoms with Crippen molar-refractivity contribution in [3.63, 3.8) is 0 Å². The summed E-state index contributed by atoms with van der Waals surface area (Å²) in [6.45, 7) is 3.18. The monoisotopic (exact) mass is 643 g/mol. The number of benzene rings is 3. The number of aryl methyl sites for hydroxylation is 1. The van der Waals surface area contributed by atoms with Gasteiger partial charge in [-0.15, -0.1) is 0 Å². The first-order valence-electron chi connectivity index (χ1n) is 13.8. The van der Waals surface area contributed by atoms with Gasteiger partial charge in [0, 0.05) is 17.1 Å². The summed E-state index contributed by atoms with van der Waals surface area (Å²) < 4.78 is 43.3. The lowest BCUT2D eigenvalue weighted by atomic mass is 10.1. The summed E-state index contributed by atoms with van der Waals surface area (Å²) in [7, 11) is -4.14. The van der Waals surface area contributed by atoms with Crippen LogP contribution in [-0.4, -0.2) is 43.8 Å². The third kappa shape index (κ3) is 7.74. The maximum Gasteiger partial charge on any atom is 0.264 e. The molecule has 1 N–H and O–H groups in total. The van der Waals surface area contributed by atoms with E-state index < -0.39 is 34.3 Å². The molecule has 0 bridgehead atoms. The topological polar surface area (TPSA) is 86.8 Å². The molecule has 0 saturated heterocycles. The summed E-state index contributed by atoms with van der Waals surface area (Å²) in [5.74, 6) is -1.23. The van der Waals surface area contributed by atoms with Crippen LogP contribution in [0.2, 0.25) is 0 Å². The fourth-order valence-electron chi connectivity index (χ4n) is 5.05. The van der Waals surface area contributed by atoms with Crippen LogP contribution in [0.3, 0.4) is 0 Å². The van der Waals surface area contributed by atoms with E-state index in [4.69, 9.17) is 0 Å². The van der Waals surface area contributed by atoms with E-state index in [-0.39, 0.29) is 23.4 Å². The van der Waals surface area contributed by atoms with Crippen molar-refractivity contribution in [1.82, 2.24) is 10.2 Å². The Morgan fingerprint density at radius 2 is 1.59 bits per heavy atom. The molecule has 0 aliphatic heterocycles. The molecule has 1 saturated carbocycles. The van der Waals surface area contributed by atoms with Crippen LogP contribution in [0.25, 0.3) is 0 Å². The van der Waals surface area contributed by atoms with Crippen LogP contribution in [-0.2, 0) is 26.2 Å². The van der Waals surface area contributed by atoms with Gasteiger partial charge in [0.2, 0.25) is 11.8 Å². The van der Waals surface area contributed by atoms with Gasteiger partial charge in [0.05, 0.1) is 10.6 Å². The second kappa shape index (κ2) is 13.6. The van der Waals surface area contributed by atoms with E-state index in [1.807, 2.05) is 13.8 Å². The Kier molecular flexibility index (Phi) is 10.2. The maximum atomic E-state index is 14.1. The van der Waals surface area contributed by atoms with Gasteiger partial charge in [-0.25, -0.2) is 12.8 Å². The first-order chi connectivity index (χ1) is 19.6. The molecule has 3 aromatic rings. The molecule has 41 heavy (non-hydrogen) atoms. The highest BCUT2D eigenvalue weighted by Gasteiger charge is 2.34. The lowest BCUT2D eigenvalue weighted by molar-refractivity contribution is -0.140. The van der Waals surface area contributed by atoms with E-state index in [1.165, 1.54) is 29.2 Å². The molecule has 0 unspecified atom stereocenters. The Morgan fingerprint density at radius 1 is 0.976 bits per heavy atom. The maximum absolute atomic E-state index is 14.1. The Labute approximate surface area is 249 Å². The number of amides is 2. The zero-order chi connectivity index (χ0) is 29.6. The zero-order valence-corrected chi connectivity index (χ0v) is 25.6. The molecule has 7 nitrogen and oxygen atoms in total. The van der Waals surface area contributed by atoms with Gasteiger partial charge in [-0.3, -0.25) is 13.9 Å². The number of halogens is 2. The molecule has 2 amide bonds. The van der Waals surface area contributed by atoms with Gasteiger partial charge in [-0.1, -0.05) is 65.5 Å². The van der Waals surface area contributed by atoms with E-state index in [1.54, 1.807) is 48.5 Å².